The molecule has 17 heavy (non-hydrogen) atoms. The van der Waals surface area contributed by atoms with E-state index in [0.717, 1.165) is 11.3 Å². The zero-order valence-corrected chi connectivity index (χ0v) is 10.5. The van der Waals surface area contributed by atoms with Gasteiger partial charge in [0.1, 0.15) is 11.8 Å². The minimum atomic E-state index is -0.807. The average molecular weight is 237 g/mol. The van der Waals surface area contributed by atoms with Crippen LogP contribution in [0.15, 0.2) is 24.3 Å². The van der Waals surface area contributed by atoms with Crippen LogP contribution in [0.2, 0.25) is 0 Å². The summed E-state index contributed by atoms with van der Waals surface area (Å²) in [6.45, 7) is 4.88. The van der Waals surface area contributed by atoms with Gasteiger partial charge in [-0.2, -0.15) is 0 Å². The van der Waals surface area contributed by atoms with E-state index >= 15 is 0 Å². The molecule has 0 spiro atoms. The van der Waals surface area contributed by atoms with Crippen LogP contribution >= 0.6 is 0 Å². The average Bonchev–Trinajstić information content (AvgIpc) is 2.30. The molecule has 1 N–H and O–H groups in total. The molecule has 1 atom stereocenters. The zero-order chi connectivity index (χ0) is 12.8. The first kappa shape index (κ1) is 13.5. The van der Waals surface area contributed by atoms with Gasteiger partial charge in [-0.05, 0) is 38.6 Å². The van der Waals surface area contributed by atoms with Gasteiger partial charge >= 0.3 is 5.97 Å². The highest BCUT2D eigenvalue weighted by Crippen LogP contribution is 2.14. The zero-order valence-electron chi connectivity index (χ0n) is 10.5. The lowest BCUT2D eigenvalue weighted by atomic mass is 10.2. The molecule has 4 nitrogen and oxygen atoms in total. The number of nitrogens with zero attached hydrogens (tertiary/aromatic N) is 1. The van der Waals surface area contributed by atoms with Crippen molar-refractivity contribution in [3.05, 3.63) is 29.8 Å². The molecule has 0 aliphatic heterocycles. The molecule has 1 unspecified atom stereocenters. The number of rotatable bonds is 6. The summed E-state index contributed by atoms with van der Waals surface area (Å²) in [7, 11) is 1.80. The summed E-state index contributed by atoms with van der Waals surface area (Å²) in [5.74, 6) is 0.0311. The molecule has 1 aromatic rings. The van der Waals surface area contributed by atoms with Gasteiger partial charge in [0.25, 0.3) is 0 Å². The van der Waals surface area contributed by atoms with Gasteiger partial charge in [-0.1, -0.05) is 12.1 Å². The van der Waals surface area contributed by atoms with Crippen molar-refractivity contribution in [2.45, 2.75) is 26.4 Å². The number of hydrogen-bond donors (Lipinski definition) is 1. The molecule has 1 rings (SSSR count). The second-order valence-electron chi connectivity index (χ2n) is 4.01. The maximum atomic E-state index is 10.8. The summed E-state index contributed by atoms with van der Waals surface area (Å²) < 4.78 is 5.34. The van der Waals surface area contributed by atoms with Gasteiger partial charge in [-0.3, -0.25) is 9.69 Å². The Morgan fingerprint density at radius 3 is 2.47 bits per heavy atom. The number of aliphatic carboxylic acids is 1. The maximum Gasteiger partial charge on any atom is 0.320 e. The summed E-state index contributed by atoms with van der Waals surface area (Å²) in [5, 5.41) is 8.88. The third-order valence-electron chi connectivity index (χ3n) is 2.68. The Kier molecular flexibility index (Phi) is 4.97. The molecule has 0 radical (unpaired) electrons. The Morgan fingerprint density at radius 2 is 2.00 bits per heavy atom. The number of carboxylic acid groups (broad SMARTS) is 1. The highest BCUT2D eigenvalue weighted by Gasteiger charge is 2.16. The number of carbonyl (C=O) groups is 1. The van der Waals surface area contributed by atoms with Crippen LogP contribution in [0.5, 0.6) is 5.75 Å². The molecule has 0 fully saturated rings. The Morgan fingerprint density at radius 1 is 1.41 bits per heavy atom. The fourth-order valence-corrected chi connectivity index (χ4v) is 1.47. The summed E-state index contributed by atoms with van der Waals surface area (Å²) >= 11 is 0. The lowest BCUT2D eigenvalue weighted by Gasteiger charge is -2.21. The minimum Gasteiger partial charge on any atom is -0.494 e. The van der Waals surface area contributed by atoms with Crippen LogP contribution in [0, 0.1) is 0 Å². The monoisotopic (exact) mass is 237 g/mol. The van der Waals surface area contributed by atoms with E-state index < -0.39 is 12.0 Å². The van der Waals surface area contributed by atoms with Gasteiger partial charge in [0.15, 0.2) is 0 Å². The first-order valence-electron chi connectivity index (χ1n) is 5.69. The molecule has 0 aliphatic carbocycles. The van der Waals surface area contributed by atoms with Crippen molar-refractivity contribution in [1.82, 2.24) is 4.90 Å². The third-order valence-corrected chi connectivity index (χ3v) is 2.68. The number of ether oxygens (including phenoxy) is 1. The topological polar surface area (TPSA) is 49.8 Å². The normalized spacial score (nSPS) is 12.5. The highest BCUT2D eigenvalue weighted by atomic mass is 16.5. The molecule has 0 bridgehead atoms. The van der Waals surface area contributed by atoms with Crippen molar-refractivity contribution in [3.8, 4) is 5.75 Å². The van der Waals surface area contributed by atoms with E-state index in [1.54, 1.807) is 18.9 Å². The van der Waals surface area contributed by atoms with Crippen molar-refractivity contribution in [1.29, 1.82) is 0 Å². The van der Waals surface area contributed by atoms with Crippen LogP contribution in [-0.4, -0.2) is 35.7 Å². The van der Waals surface area contributed by atoms with E-state index in [0.29, 0.717) is 13.2 Å². The maximum absolute atomic E-state index is 10.8. The van der Waals surface area contributed by atoms with E-state index in [1.165, 1.54) is 0 Å². The van der Waals surface area contributed by atoms with Crippen molar-refractivity contribution >= 4 is 5.97 Å². The lowest BCUT2D eigenvalue weighted by Crippen LogP contribution is -2.35. The quantitative estimate of drug-likeness (QED) is 0.822. The van der Waals surface area contributed by atoms with Crippen LogP contribution in [0.3, 0.4) is 0 Å². The number of benzene rings is 1. The molecule has 0 aliphatic rings. The van der Waals surface area contributed by atoms with Crippen molar-refractivity contribution < 1.29 is 14.6 Å². The summed E-state index contributed by atoms with van der Waals surface area (Å²) in [6, 6.07) is 7.23. The molecule has 0 heterocycles. The smallest absolute Gasteiger partial charge is 0.320 e. The SMILES string of the molecule is CCOc1ccc(CN(C)C(C)C(=O)O)cc1. The predicted octanol–water partition coefficient (Wildman–Crippen LogP) is 1.99. The van der Waals surface area contributed by atoms with E-state index in [9.17, 15) is 4.79 Å². The molecule has 0 amide bonds. The standard InChI is InChI=1S/C13H19NO3/c1-4-17-12-7-5-11(6-8-12)9-14(3)10(2)13(15)16/h5-8,10H,4,9H2,1-3H3,(H,15,16). The van der Waals surface area contributed by atoms with Gasteiger partial charge < -0.3 is 9.84 Å². The van der Waals surface area contributed by atoms with Gasteiger partial charge in [-0.25, -0.2) is 0 Å². The first-order chi connectivity index (χ1) is 8.04. The van der Waals surface area contributed by atoms with Crippen molar-refractivity contribution in [3.63, 3.8) is 0 Å². The Balaban J connectivity index is 2.59. The minimum absolute atomic E-state index is 0.485. The molecule has 0 aromatic heterocycles. The predicted molar refractivity (Wildman–Crippen MR) is 66.2 cm³/mol. The molecule has 4 heteroatoms. The van der Waals surface area contributed by atoms with Gasteiger partial charge in [0.05, 0.1) is 6.61 Å². The van der Waals surface area contributed by atoms with Crippen LogP contribution < -0.4 is 4.74 Å². The van der Waals surface area contributed by atoms with Crippen LogP contribution in [0.25, 0.3) is 0 Å². The van der Waals surface area contributed by atoms with Gasteiger partial charge in [0.2, 0.25) is 0 Å². The molecule has 94 valence electrons. The van der Waals surface area contributed by atoms with Crippen molar-refractivity contribution in [2.24, 2.45) is 0 Å². The van der Waals surface area contributed by atoms with Gasteiger partial charge in [-0.15, -0.1) is 0 Å². The molecular formula is C13H19NO3. The summed E-state index contributed by atoms with van der Waals surface area (Å²) in [5.41, 5.74) is 1.07. The van der Waals surface area contributed by atoms with Crippen LogP contribution in [0.4, 0.5) is 0 Å². The number of carboxylic acids is 1. The van der Waals surface area contributed by atoms with Crippen LogP contribution in [0.1, 0.15) is 19.4 Å². The first-order valence-corrected chi connectivity index (χ1v) is 5.69. The van der Waals surface area contributed by atoms with E-state index in [2.05, 4.69) is 0 Å². The van der Waals surface area contributed by atoms with Gasteiger partial charge in [0, 0.05) is 6.54 Å². The number of hydrogen-bond acceptors (Lipinski definition) is 3. The lowest BCUT2D eigenvalue weighted by molar-refractivity contribution is -0.142. The van der Waals surface area contributed by atoms with E-state index in [-0.39, 0.29) is 0 Å². The Hall–Kier alpha value is -1.55. The van der Waals surface area contributed by atoms with Crippen molar-refractivity contribution in [2.75, 3.05) is 13.7 Å². The summed E-state index contributed by atoms with van der Waals surface area (Å²) in [6.07, 6.45) is 0. The fourth-order valence-electron chi connectivity index (χ4n) is 1.47. The molecule has 0 saturated heterocycles. The third kappa shape index (κ3) is 4.07. The molecule has 1 aromatic carbocycles. The van der Waals surface area contributed by atoms with E-state index in [1.807, 2.05) is 31.2 Å². The molecular weight excluding hydrogens is 218 g/mol. The Bertz CT molecular complexity index is 361. The fraction of sp³-hybridized carbons (Fsp3) is 0.462. The molecule has 0 saturated carbocycles. The highest BCUT2D eigenvalue weighted by molar-refractivity contribution is 5.72. The van der Waals surface area contributed by atoms with E-state index in [4.69, 9.17) is 9.84 Å². The largest absolute Gasteiger partial charge is 0.494 e. The second-order valence-corrected chi connectivity index (χ2v) is 4.01. The summed E-state index contributed by atoms with van der Waals surface area (Å²) in [4.78, 5) is 12.6. The van der Waals surface area contributed by atoms with Crippen LogP contribution in [-0.2, 0) is 11.3 Å². The number of likely N-dealkylation sites (N-methyl/N-ethyl adjacent to an activating group) is 1. The second kappa shape index (κ2) is 6.25. The Labute approximate surface area is 102 Å².